The van der Waals surface area contributed by atoms with E-state index in [9.17, 15) is 0 Å². The van der Waals surface area contributed by atoms with Gasteiger partial charge in [-0.2, -0.15) is 0 Å². The van der Waals surface area contributed by atoms with Gasteiger partial charge in [-0.3, -0.25) is 0 Å². The van der Waals surface area contributed by atoms with Crippen LogP contribution in [0.5, 0.6) is 0 Å². The minimum Gasteiger partial charge on any atom is -0.354 e. The van der Waals surface area contributed by atoms with Crippen molar-refractivity contribution in [3.8, 4) is 0 Å². The van der Waals surface area contributed by atoms with Crippen LogP contribution in [0, 0.1) is 0 Å². The molecule has 1 aliphatic carbocycles. The number of nitrogens with one attached hydrogen (secondary N) is 1. The Balaban J connectivity index is 1.77. The van der Waals surface area contributed by atoms with E-state index in [4.69, 9.17) is 0 Å². The van der Waals surface area contributed by atoms with Crippen LogP contribution in [0.2, 0.25) is 0 Å². The van der Waals surface area contributed by atoms with Crippen molar-refractivity contribution < 1.29 is 0 Å². The fourth-order valence-electron chi connectivity index (χ4n) is 4.26. The van der Waals surface area contributed by atoms with E-state index in [1.165, 1.54) is 33.1 Å². The van der Waals surface area contributed by atoms with Crippen molar-refractivity contribution in [1.82, 2.24) is 4.98 Å². The third-order valence-electron chi connectivity index (χ3n) is 5.13. The number of allylic oxidation sites excluding steroid dienone is 2. The summed E-state index contributed by atoms with van der Waals surface area (Å²) in [5, 5.41) is 2.73. The van der Waals surface area contributed by atoms with E-state index in [0.29, 0.717) is 6.04 Å². The first-order valence-corrected chi connectivity index (χ1v) is 7.10. The lowest BCUT2D eigenvalue weighted by Gasteiger charge is -2.29. The average Bonchev–Trinajstić information content (AvgIpc) is 2.88. The van der Waals surface area contributed by atoms with E-state index in [-0.39, 0.29) is 5.54 Å². The molecule has 2 aliphatic heterocycles. The third kappa shape index (κ3) is 0.762. The molecule has 0 radical (unpaired) electrons. The molecule has 1 saturated heterocycles. The van der Waals surface area contributed by atoms with Gasteiger partial charge in [-0.15, -0.1) is 0 Å². The molecule has 3 heterocycles. The molecule has 1 aromatic heterocycles. The first-order chi connectivity index (χ1) is 9.91. The Hall–Kier alpha value is -2.48. The first-order valence-electron chi connectivity index (χ1n) is 7.10. The van der Waals surface area contributed by atoms with Gasteiger partial charge < -0.3 is 9.88 Å². The van der Waals surface area contributed by atoms with Crippen LogP contribution in [-0.4, -0.2) is 11.0 Å². The summed E-state index contributed by atoms with van der Waals surface area (Å²) in [6.45, 7) is 0. The lowest BCUT2D eigenvalue weighted by Crippen LogP contribution is -2.25. The Kier molecular flexibility index (Phi) is 1.26. The quantitative estimate of drug-likeness (QED) is 0.605. The molecule has 20 heavy (non-hydrogen) atoms. The molecule has 2 aromatic carbocycles. The summed E-state index contributed by atoms with van der Waals surface area (Å²) in [7, 11) is 0. The van der Waals surface area contributed by atoms with Gasteiger partial charge in [0.25, 0.3) is 0 Å². The lowest BCUT2D eigenvalue weighted by atomic mass is 9.85. The minimum absolute atomic E-state index is 0.191. The van der Waals surface area contributed by atoms with Crippen molar-refractivity contribution in [2.75, 3.05) is 4.90 Å². The average molecular weight is 256 g/mol. The molecule has 0 bridgehead atoms. The van der Waals surface area contributed by atoms with Gasteiger partial charge in [0.2, 0.25) is 0 Å². The Morgan fingerprint density at radius 3 is 2.95 bits per heavy atom. The summed E-state index contributed by atoms with van der Waals surface area (Å²) in [4.78, 5) is 6.08. The molecule has 1 fully saturated rings. The monoisotopic (exact) mass is 256 g/mol. The van der Waals surface area contributed by atoms with E-state index in [2.05, 4.69) is 70.6 Å². The summed E-state index contributed by atoms with van der Waals surface area (Å²) >= 11 is 0. The van der Waals surface area contributed by atoms with Crippen molar-refractivity contribution >= 4 is 27.5 Å². The maximum Gasteiger partial charge on any atom is 0.111 e. The van der Waals surface area contributed by atoms with Gasteiger partial charge in [-0.25, -0.2) is 0 Å². The SMILES string of the molecule is C1=CC2N3c4c(ccc5[nH]c6ccccc6c45)C23C=C1. The fourth-order valence-corrected chi connectivity index (χ4v) is 4.26. The largest absolute Gasteiger partial charge is 0.354 e. The molecular weight excluding hydrogens is 244 g/mol. The van der Waals surface area contributed by atoms with Crippen LogP contribution in [0.3, 0.4) is 0 Å². The number of hydrogen-bond donors (Lipinski definition) is 1. The highest BCUT2D eigenvalue weighted by atomic mass is 15.5. The molecule has 1 N–H and O–H groups in total. The topological polar surface area (TPSA) is 18.8 Å². The van der Waals surface area contributed by atoms with Crippen molar-refractivity contribution in [3.63, 3.8) is 0 Å². The van der Waals surface area contributed by atoms with E-state index >= 15 is 0 Å². The van der Waals surface area contributed by atoms with E-state index < -0.39 is 0 Å². The third-order valence-corrected chi connectivity index (χ3v) is 5.13. The number of anilines is 1. The molecular formula is C18H12N2. The molecule has 3 aromatic rings. The highest BCUT2D eigenvalue weighted by Gasteiger charge is 2.70. The standard InChI is InChI=1S/C18H12N2/c1-2-6-13-11(5-1)16-14(19-13)9-8-12-17(16)20-15-7-3-4-10-18(12,15)20/h1-10,15,19H. The number of aromatic nitrogens is 1. The minimum atomic E-state index is 0.191. The number of aromatic amines is 1. The second-order valence-corrected chi connectivity index (χ2v) is 5.94. The molecule has 2 heteroatoms. The fraction of sp³-hybridized carbons (Fsp3) is 0.111. The van der Waals surface area contributed by atoms with Crippen LogP contribution in [0.4, 0.5) is 5.69 Å². The Morgan fingerprint density at radius 1 is 1.00 bits per heavy atom. The van der Waals surface area contributed by atoms with Gasteiger partial charge >= 0.3 is 0 Å². The summed E-state index contributed by atoms with van der Waals surface area (Å²) in [5.74, 6) is 0. The summed E-state index contributed by atoms with van der Waals surface area (Å²) < 4.78 is 0. The molecule has 2 nitrogen and oxygen atoms in total. The number of para-hydroxylation sites is 1. The van der Waals surface area contributed by atoms with Gasteiger partial charge in [0, 0.05) is 27.4 Å². The molecule has 2 atom stereocenters. The second-order valence-electron chi connectivity index (χ2n) is 5.94. The highest BCUT2D eigenvalue weighted by molar-refractivity contribution is 6.18. The number of nitrogens with zero attached hydrogens (tertiary/aromatic N) is 1. The van der Waals surface area contributed by atoms with E-state index in [0.717, 1.165) is 0 Å². The zero-order valence-corrected chi connectivity index (χ0v) is 10.8. The van der Waals surface area contributed by atoms with Crippen molar-refractivity contribution in [2.45, 2.75) is 11.6 Å². The van der Waals surface area contributed by atoms with Gasteiger partial charge in [0.05, 0.1) is 11.7 Å². The van der Waals surface area contributed by atoms with Gasteiger partial charge in [0.1, 0.15) is 5.54 Å². The summed E-state index contributed by atoms with van der Waals surface area (Å²) in [6.07, 6.45) is 9.02. The summed E-state index contributed by atoms with van der Waals surface area (Å²) in [6, 6.07) is 13.7. The Bertz CT molecular complexity index is 976. The normalized spacial score (nSPS) is 28.2. The van der Waals surface area contributed by atoms with Crippen LogP contribution in [0.1, 0.15) is 5.56 Å². The molecule has 6 rings (SSSR count). The molecule has 3 aliphatic rings. The van der Waals surface area contributed by atoms with Gasteiger partial charge in [0.15, 0.2) is 0 Å². The van der Waals surface area contributed by atoms with Crippen molar-refractivity contribution in [2.24, 2.45) is 0 Å². The van der Waals surface area contributed by atoms with Crippen LogP contribution in [0.15, 0.2) is 60.7 Å². The first kappa shape index (κ1) is 9.43. The number of rotatable bonds is 0. The maximum absolute atomic E-state index is 3.54. The van der Waals surface area contributed by atoms with Crippen LogP contribution in [-0.2, 0) is 5.54 Å². The molecule has 0 saturated carbocycles. The van der Waals surface area contributed by atoms with Crippen LogP contribution >= 0.6 is 0 Å². The number of benzene rings is 2. The molecule has 2 unspecified atom stereocenters. The predicted molar refractivity (Wildman–Crippen MR) is 82.0 cm³/mol. The van der Waals surface area contributed by atoms with Crippen LogP contribution in [0.25, 0.3) is 21.8 Å². The molecule has 1 spiro atoms. The zero-order valence-electron chi connectivity index (χ0n) is 10.8. The molecule has 94 valence electrons. The Labute approximate surface area is 116 Å². The second kappa shape index (κ2) is 2.68. The molecule has 0 amide bonds. The van der Waals surface area contributed by atoms with Crippen molar-refractivity contribution in [3.05, 3.63) is 66.3 Å². The van der Waals surface area contributed by atoms with Crippen molar-refractivity contribution in [1.29, 1.82) is 0 Å². The van der Waals surface area contributed by atoms with Crippen LogP contribution < -0.4 is 4.90 Å². The number of H-pyrrole nitrogens is 1. The number of hydrogen-bond acceptors (Lipinski definition) is 1. The predicted octanol–water partition coefficient (Wildman–Crippen LogP) is 3.84. The maximum atomic E-state index is 3.54. The highest BCUT2D eigenvalue weighted by Crippen LogP contribution is 2.68. The van der Waals surface area contributed by atoms with E-state index in [1.54, 1.807) is 0 Å². The smallest absolute Gasteiger partial charge is 0.111 e. The number of fused-ring (bicyclic) bond motifs is 7. The Morgan fingerprint density at radius 2 is 1.95 bits per heavy atom. The lowest BCUT2D eigenvalue weighted by molar-refractivity contribution is 0.820. The summed E-state index contributed by atoms with van der Waals surface area (Å²) in [5.41, 5.74) is 5.59. The van der Waals surface area contributed by atoms with Gasteiger partial charge in [-0.1, -0.05) is 48.6 Å². The zero-order chi connectivity index (χ0) is 12.9. The van der Waals surface area contributed by atoms with E-state index in [1.807, 2.05) is 0 Å². The van der Waals surface area contributed by atoms with Gasteiger partial charge in [-0.05, 0) is 12.1 Å².